The Balaban J connectivity index is -0.000000685. The van der Waals surface area contributed by atoms with Gasteiger partial charge in [-0.25, -0.2) is 0 Å². The van der Waals surface area contributed by atoms with Crippen molar-refractivity contribution in [3.63, 3.8) is 0 Å². The fourth-order valence-electron chi connectivity index (χ4n) is 5.60. The van der Waals surface area contributed by atoms with Gasteiger partial charge >= 0.3 is 5.97 Å². The summed E-state index contributed by atoms with van der Waals surface area (Å²) >= 11 is 0. The summed E-state index contributed by atoms with van der Waals surface area (Å²) in [6.07, 6.45) is 41.1. The molecular formula is C40H84N2O5. The molecule has 0 aliphatic rings. The molecule has 284 valence electrons. The van der Waals surface area contributed by atoms with Crippen LogP contribution in [0, 0.1) is 0 Å². The average molecular weight is 673 g/mol. The molecule has 7 nitrogen and oxygen atoms in total. The number of unbranched alkanes of at least 4 members (excludes halogenated alkanes) is 28. The Kier molecular flexibility index (Phi) is 52.6. The van der Waals surface area contributed by atoms with Crippen LogP contribution in [0.1, 0.15) is 219 Å². The first-order chi connectivity index (χ1) is 23.0. The first kappa shape index (κ1) is 50.2. The van der Waals surface area contributed by atoms with Gasteiger partial charge in [-0.2, -0.15) is 0 Å². The van der Waals surface area contributed by atoms with E-state index in [-0.39, 0.29) is 19.1 Å². The van der Waals surface area contributed by atoms with Gasteiger partial charge in [0.2, 0.25) is 5.91 Å². The number of carbonyl (C=O) groups excluding carboxylic acids is 1. The molecule has 0 fully saturated rings. The van der Waals surface area contributed by atoms with E-state index in [0.29, 0.717) is 25.9 Å². The number of amides is 1. The number of hydrogen-bond acceptors (Lipinski definition) is 5. The van der Waals surface area contributed by atoms with E-state index < -0.39 is 5.97 Å². The van der Waals surface area contributed by atoms with Crippen molar-refractivity contribution in [2.75, 3.05) is 26.3 Å². The highest BCUT2D eigenvalue weighted by atomic mass is 16.4. The van der Waals surface area contributed by atoms with Crippen LogP contribution < -0.4 is 11.1 Å². The summed E-state index contributed by atoms with van der Waals surface area (Å²) in [5.74, 6) is -0.806. The van der Waals surface area contributed by atoms with Gasteiger partial charge in [-0.1, -0.05) is 194 Å². The monoisotopic (exact) mass is 673 g/mol. The van der Waals surface area contributed by atoms with Crippen molar-refractivity contribution in [2.24, 2.45) is 5.73 Å². The van der Waals surface area contributed by atoms with E-state index >= 15 is 0 Å². The van der Waals surface area contributed by atoms with Gasteiger partial charge in [-0.15, -0.1) is 0 Å². The molecule has 0 rings (SSSR count). The lowest BCUT2D eigenvalue weighted by atomic mass is 10.0. The van der Waals surface area contributed by atoms with Crippen molar-refractivity contribution >= 4 is 11.9 Å². The van der Waals surface area contributed by atoms with E-state index in [0.717, 1.165) is 19.3 Å². The highest BCUT2D eigenvalue weighted by Crippen LogP contribution is 2.15. The molecule has 0 saturated carbocycles. The van der Waals surface area contributed by atoms with Gasteiger partial charge in [0, 0.05) is 25.9 Å². The smallest absolute Gasteiger partial charge is 0.303 e. The first-order valence-electron chi connectivity index (χ1n) is 20.4. The topological polar surface area (TPSA) is 133 Å². The lowest BCUT2D eigenvalue weighted by Crippen LogP contribution is -2.21. The lowest BCUT2D eigenvalue weighted by Gasteiger charge is -2.03. The van der Waals surface area contributed by atoms with Gasteiger partial charge in [0.1, 0.15) is 0 Å². The number of carbonyl (C=O) groups is 2. The molecule has 0 aromatic heterocycles. The van der Waals surface area contributed by atoms with Gasteiger partial charge in [-0.05, 0) is 12.8 Å². The van der Waals surface area contributed by atoms with E-state index in [4.69, 9.17) is 21.1 Å². The zero-order valence-electron chi connectivity index (χ0n) is 31.7. The van der Waals surface area contributed by atoms with E-state index in [1.165, 1.54) is 173 Å². The van der Waals surface area contributed by atoms with Crippen molar-refractivity contribution < 1.29 is 24.9 Å². The van der Waals surface area contributed by atoms with E-state index in [9.17, 15) is 9.59 Å². The molecule has 7 heteroatoms. The summed E-state index contributed by atoms with van der Waals surface area (Å²) in [5.41, 5.74) is 5.11. The lowest BCUT2D eigenvalue weighted by molar-refractivity contribution is -0.137. The molecule has 0 spiro atoms. The Morgan fingerprint density at radius 3 is 0.872 bits per heavy atom. The third-order valence-corrected chi connectivity index (χ3v) is 8.60. The minimum atomic E-state index is -0.653. The zero-order chi connectivity index (χ0) is 35.3. The maximum Gasteiger partial charge on any atom is 0.303 e. The highest BCUT2D eigenvalue weighted by molar-refractivity contribution is 5.73. The number of aliphatic carboxylic acids is 1. The van der Waals surface area contributed by atoms with Crippen LogP contribution in [0.25, 0.3) is 0 Å². The molecule has 0 aromatic rings. The van der Waals surface area contributed by atoms with Gasteiger partial charge < -0.3 is 26.4 Å². The number of rotatable bonds is 36. The number of hydrogen-bond donors (Lipinski definition) is 5. The maximum atomic E-state index is 10.6. The summed E-state index contributed by atoms with van der Waals surface area (Å²) in [7, 11) is 0. The molecule has 0 unspecified atom stereocenters. The molecule has 0 radical (unpaired) electrons. The van der Waals surface area contributed by atoms with Crippen LogP contribution in [0.2, 0.25) is 0 Å². The number of primary amides is 1. The SMILES string of the molecule is CCCCCCCCCCCCCCCCCC(=O)O.CCCCCCCCCCCCCCCCCC(N)=O.OCCNCCO. The standard InChI is InChI=1S/C18H37NO.C18H36O2.C4H11NO2/c2*1-2-3-4-5-6-7-8-9-10-11-12-13-14-15-16-17-18(19)20;6-3-1-5-2-4-7/h2-17H2,1H3,(H2,19,20);2-17H2,1H3,(H,19,20);5-7H,1-4H2. The average Bonchev–Trinajstić information content (AvgIpc) is 3.05. The molecule has 0 bridgehead atoms. The second-order valence-electron chi connectivity index (χ2n) is 13.5. The van der Waals surface area contributed by atoms with Crippen molar-refractivity contribution in [3.8, 4) is 0 Å². The predicted molar refractivity (Wildman–Crippen MR) is 203 cm³/mol. The summed E-state index contributed by atoms with van der Waals surface area (Å²) < 4.78 is 0. The van der Waals surface area contributed by atoms with E-state index in [2.05, 4.69) is 19.2 Å². The molecule has 6 N–H and O–H groups in total. The zero-order valence-corrected chi connectivity index (χ0v) is 31.7. The number of carboxylic acid groups (broad SMARTS) is 1. The predicted octanol–water partition coefficient (Wildman–Crippen LogP) is 10.6. The fourth-order valence-corrected chi connectivity index (χ4v) is 5.60. The Labute approximate surface area is 293 Å². The molecule has 0 aliphatic heterocycles. The van der Waals surface area contributed by atoms with Crippen LogP contribution in [0.3, 0.4) is 0 Å². The van der Waals surface area contributed by atoms with Crippen LogP contribution in [0.4, 0.5) is 0 Å². The Morgan fingerprint density at radius 2 is 0.660 bits per heavy atom. The Morgan fingerprint density at radius 1 is 0.426 bits per heavy atom. The Hall–Kier alpha value is -1.18. The van der Waals surface area contributed by atoms with Gasteiger partial charge in [0.15, 0.2) is 0 Å². The van der Waals surface area contributed by atoms with Crippen molar-refractivity contribution in [1.29, 1.82) is 0 Å². The molecule has 1 amide bonds. The third kappa shape index (κ3) is 60.6. The van der Waals surface area contributed by atoms with Crippen LogP contribution in [-0.4, -0.2) is 53.5 Å². The van der Waals surface area contributed by atoms with Crippen LogP contribution in [0.5, 0.6) is 0 Å². The minimum absolute atomic E-state index is 0.139. The molecule has 0 saturated heterocycles. The minimum Gasteiger partial charge on any atom is -0.481 e. The normalized spacial score (nSPS) is 10.6. The van der Waals surface area contributed by atoms with Gasteiger partial charge in [-0.3, -0.25) is 9.59 Å². The van der Waals surface area contributed by atoms with E-state index in [1.54, 1.807) is 0 Å². The largest absolute Gasteiger partial charge is 0.481 e. The molecule has 0 atom stereocenters. The summed E-state index contributed by atoms with van der Waals surface area (Å²) in [4.78, 5) is 20.9. The summed E-state index contributed by atoms with van der Waals surface area (Å²) in [6.45, 7) is 5.96. The van der Waals surface area contributed by atoms with Gasteiger partial charge in [0.25, 0.3) is 0 Å². The maximum absolute atomic E-state index is 10.6. The molecular weight excluding hydrogens is 588 g/mol. The summed E-state index contributed by atoms with van der Waals surface area (Å²) in [6, 6.07) is 0. The van der Waals surface area contributed by atoms with Crippen molar-refractivity contribution in [3.05, 3.63) is 0 Å². The molecule has 0 aliphatic carbocycles. The Bertz CT molecular complexity index is 529. The first-order valence-corrected chi connectivity index (χ1v) is 20.4. The second-order valence-corrected chi connectivity index (χ2v) is 13.5. The third-order valence-electron chi connectivity index (χ3n) is 8.60. The van der Waals surface area contributed by atoms with Crippen molar-refractivity contribution in [2.45, 2.75) is 219 Å². The number of aliphatic hydroxyl groups excluding tert-OH is 2. The number of carboxylic acids is 1. The second kappa shape index (κ2) is 49.2. The quantitative estimate of drug-likeness (QED) is 0.0421. The number of nitrogens with one attached hydrogen (secondary N) is 1. The van der Waals surface area contributed by atoms with Gasteiger partial charge in [0.05, 0.1) is 13.2 Å². The van der Waals surface area contributed by atoms with Crippen LogP contribution in [0.15, 0.2) is 0 Å². The van der Waals surface area contributed by atoms with Crippen molar-refractivity contribution in [1.82, 2.24) is 5.32 Å². The highest BCUT2D eigenvalue weighted by Gasteiger charge is 1.98. The number of nitrogens with two attached hydrogens (primary N) is 1. The molecule has 0 aromatic carbocycles. The number of aliphatic hydroxyl groups is 2. The molecule has 47 heavy (non-hydrogen) atoms. The van der Waals surface area contributed by atoms with Crippen LogP contribution >= 0.6 is 0 Å². The fraction of sp³-hybridized carbons (Fsp3) is 0.950. The van der Waals surface area contributed by atoms with E-state index in [1.807, 2.05) is 0 Å². The van der Waals surface area contributed by atoms with Crippen LogP contribution in [-0.2, 0) is 9.59 Å². The molecule has 0 heterocycles. The summed E-state index contributed by atoms with van der Waals surface area (Å²) in [5, 5.41) is 27.6.